The smallest absolute Gasteiger partial charge is 0.0780 e. The van der Waals surface area contributed by atoms with Crippen LogP contribution < -0.4 is 5.73 Å². The second-order valence-corrected chi connectivity index (χ2v) is 6.02. The van der Waals surface area contributed by atoms with Crippen LogP contribution in [0.4, 0.5) is 0 Å². The van der Waals surface area contributed by atoms with Crippen LogP contribution in [0.15, 0.2) is 64.5 Å². The van der Waals surface area contributed by atoms with E-state index < -0.39 is 0 Å². The summed E-state index contributed by atoms with van der Waals surface area (Å²) in [7, 11) is 0. The molecule has 0 radical (unpaired) electrons. The zero-order valence-corrected chi connectivity index (χ0v) is 12.3. The van der Waals surface area contributed by atoms with E-state index in [1.807, 2.05) is 6.07 Å². The minimum atomic E-state index is 0.141. The number of benzene rings is 2. The molecule has 0 bridgehead atoms. The van der Waals surface area contributed by atoms with Crippen LogP contribution in [0.3, 0.4) is 0 Å². The van der Waals surface area contributed by atoms with E-state index in [-0.39, 0.29) is 6.04 Å². The molecule has 1 aromatic heterocycles. The first-order valence-electron chi connectivity index (χ1n) is 6.87. The first-order chi connectivity index (χ1) is 9.76. The van der Waals surface area contributed by atoms with E-state index in [4.69, 9.17) is 5.73 Å². The average molecular weight is 282 g/mol. The van der Waals surface area contributed by atoms with E-state index in [1.165, 1.54) is 26.4 Å². The van der Waals surface area contributed by atoms with E-state index in [1.54, 1.807) is 11.8 Å². The third kappa shape index (κ3) is 2.74. The summed E-state index contributed by atoms with van der Waals surface area (Å²) >= 11 is 1.74. The number of fused-ring (bicyclic) bond motifs is 1. The molecular weight excluding hydrogens is 264 g/mol. The molecule has 3 N–H and O–H groups in total. The van der Waals surface area contributed by atoms with E-state index in [0.717, 1.165) is 6.42 Å². The molecule has 1 atom stereocenters. The van der Waals surface area contributed by atoms with Crippen molar-refractivity contribution in [2.75, 3.05) is 0 Å². The molecule has 0 saturated carbocycles. The van der Waals surface area contributed by atoms with Crippen molar-refractivity contribution >= 4 is 22.7 Å². The van der Waals surface area contributed by atoms with Crippen molar-refractivity contribution in [3.05, 3.63) is 60.2 Å². The predicted octanol–water partition coefficient (Wildman–Crippen LogP) is 4.73. The van der Waals surface area contributed by atoms with Crippen molar-refractivity contribution < 1.29 is 0 Å². The van der Waals surface area contributed by atoms with E-state index in [2.05, 4.69) is 60.4 Å². The van der Waals surface area contributed by atoms with Gasteiger partial charge in [0.15, 0.2) is 0 Å². The highest BCUT2D eigenvalue weighted by atomic mass is 32.2. The maximum Gasteiger partial charge on any atom is 0.0780 e. The van der Waals surface area contributed by atoms with Crippen LogP contribution in [0.25, 0.3) is 10.9 Å². The largest absolute Gasteiger partial charge is 0.349 e. The van der Waals surface area contributed by atoms with Crippen LogP contribution in [0.2, 0.25) is 0 Å². The maximum atomic E-state index is 6.03. The summed E-state index contributed by atoms with van der Waals surface area (Å²) in [5, 5.41) is 2.42. The second kappa shape index (κ2) is 5.73. The molecule has 0 aliphatic heterocycles. The number of aromatic amines is 1. The van der Waals surface area contributed by atoms with Gasteiger partial charge in [0.2, 0.25) is 0 Å². The lowest BCUT2D eigenvalue weighted by atomic mass is 10.1. The standard InChI is InChI=1S/C17H18N2S/c1-2-15(18)12-7-9-14(10-8-12)20-17-11-13-5-3-4-6-16(13)19-17/h3-11,15,19H,2,18H2,1H3/t15-/m0/s1. The van der Waals surface area contributed by atoms with Crippen molar-refractivity contribution in [3.8, 4) is 0 Å². The molecule has 2 aromatic carbocycles. The molecule has 0 aliphatic carbocycles. The van der Waals surface area contributed by atoms with Gasteiger partial charge in [0, 0.05) is 21.8 Å². The maximum absolute atomic E-state index is 6.03. The van der Waals surface area contributed by atoms with Crippen LogP contribution in [0.1, 0.15) is 24.9 Å². The lowest BCUT2D eigenvalue weighted by Crippen LogP contribution is -2.07. The molecule has 0 fully saturated rings. The van der Waals surface area contributed by atoms with E-state index in [9.17, 15) is 0 Å². The molecule has 3 rings (SSSR count). The lowest BCUT2D eigenvalue weighted by molar-refractivity contribution is 0.698. The summed E-state index contributed by atoms with van der Waals surface area (Å²) in [6.45, 7) is 2.11. The average Bonchev–Trinajstić information content (AvgIpc) is 2.89. The fourth-order valence-electron chi connectivity index (χ4n) is 2.25. The normalized spacial score (nSPS) is 12.7. The van der Waals surface area contributed by atoms with Gasteiger partial charge in [-0.25, -0.2) is 0 Å². The van der Waals surface area contributed by atoms with Crippen molar-refractivity contribution in [2.45, 2.75) is 29.3 Å². The van der Waals surface area contributed by atoms with Crippen LogP contribution in [0, 0.1) is 0 Å². The Labute approximate surface area is 123 Å². The SMILES string of the molecule is CC[C@H](N)c1ccc(Sc2cc3ccccc3[nH]2)cc1. The Kier molecular flexibility index (Phi) is 3.81. The fraction of sp³-hybridized carbons (Fsp3) is 0.176. The van der Waals surface area contributed by atoms with Gasteiger partial charge in [-0.05, 0) is 36.2 Å². The van der Waals surface area contributed by atoms with E-state index in [0.29, 0.717) is 0 Å². The van der Waals surface area contributed by atoms with Gasteiger partial charge in [0.05, 0.1) is 5.03 Å². The Hall–Kier alpha value is -1.71. The fourth-order valence-corrected chi connectivity index (χ4v) is 3.12. The number of H-pyrrole nitrogens is 1. The minimum absolute atomic E-state index is 0.141. The van der Waals surface area contributed by atoms with Crippen LogP contribution in [-0.2, 0) is 0 Å². The molecule has 0 unspecified atom stereocenters. The van der Waals surface area contributed by atoms with Gasteiger partial charge in [-0.15, -0.1) is 0 Å². The van der Waals surface area contributed by atoms with Crippen molar-refractivity contribution in [3.63, 3.8) is 0 Å². The van der Waals surface area contributed by atoms with Gasteiger partial charge >= 0.3 is 0 Å². The number of hydrogen-bond donors (Lipinski definition) is 2. The molecule has 0 spiro atoms. The first kappa shape index (κ1) is 13.3. The number of nitrogens with one attached hydrogen (secondary N) is 1. The Bertz CT molecular complexity index is 667. The van der Waals surface area contributed by atoms with Crippen LogP contribution in [0.5, 0.6) is 0 Å². The van der Waals surface area contributed by atoms with Crippen LogP contribution in [-0.4, -0.2) is 4.98 Å². The highest BCUT2D eigenvalue weighted by Gasteiger charge is 2.05. The lowest BCUT2D eigenvalue weighted by Gasteiger charge is -2.09. The quantitative estimate of drug-likeness (QED) is 0.726. The number of para-hydroxylation sites is 1. The Morgan fingerprint density at radius 3 is 2.55 bits per heavy atom. The first-order valence-corrected chi connectivity index (χ1v) is 7.69. The van der Waals surface area contributed by atoms with Crippen LogP contribution >= 0.6 is 11.8 Å². The number of rotatable bonds is 4. The number of nitrogens with two attached hydrogens (primary N) is 1. The number of hydrogen-bond acceptors (Lipinski definition) is 2. The molecule has 3 heteroatoms. The zero-order valence-electron chi connectivity index (χ0n) is 11.5. The zero-order chi connectivity index (χ0) is 13.9. The monoisotopic (exact) mass is 282 g/mol. The Balaban J connectivity index is 1.80. The van der Waals surface area contributed by atoms with Gasteiger partial charge < -0.3 is 10.7 Å². The van der Waals surface area contributed by atoms with Crippen molar-refractivity contribution in [1.82, 2.24) is 4.98 Å². The minimum Gasteiger partial charge on any atom is -0.349 e. The topological polar surface area (TPSA) is 41.8 Å². The molecule has 3 aromatic rings. The second-order valence-electron chi connectivity index (χ2n) is 4.91. The molecule has 20 heavy (non-hydrogen) atoms. The Morgan fingerprint density at radius 2 is 1.85 bits per heavy atom. The van der Waals surface area contributed by atoms with Crippen molar-refractivity contribution in [1.29, 1.82) is 0 Å². The summed E-state index contributed by atoms with van der Waals surface area (Å²) in [6, 6.07) is 19.2. The van der Waals surface area contributed by atoms with Gasteiger partial charge in [-0.1, -0.05) is 49.0 Å². The molecule has 0 aliphatic rings. The van der Waals surface area contributed by atoms with Gasteiger partial charge in [0.1, 0.15) is 0 Å². The molecule has 1 heterocycles. The summed E-state index contributed by atoms with van der Waals surface area (Å²) in [4.78, 5) is 4.66. The molecule has 2 nitrogen and oxygen atoms in total. The van der Waals surface area contributed by atoms with Gasteiger partial charge in [-0.2, -0.15) is 0 Å². The van der Waals surface area contributed by atoms with Gasteiger partial charge in [-0.3, -0.25) is 0 Å². The third-order valence-corrected chi connectivity index (χ3v) is 4.43. The molecule has 0 saturated heterocycles. The third-order valence-electron chi connectivity index (χ3n) is 3.48. The molecule has 0 amide bonds. The summed E-state index contributed by atoms with van der Waals surface area (Å²) in [6.07, 6.45) is 0.967. The predicted molar refractivity (Wildman–Crippen MR) is 86.1 cm³/mol. The molecular formula is C17H18N2S. The highest BCUT2D eigenvalue weighted by molar-refractivity contribution is 7.99. The summed E-state index contributed by atoms with van der Waals surface area (Å²) in [5.41, 5.74) is 8.42. The Morgan fingerprint density at radius 1 is 1.10 bits per heavy atom. The summed E-state index contributed by atoms with van der Waals surface area (Å²) in [5.74, 6) is 0. The highest BCUT2D eigenvalue weighted by Crippen LogP contribution is 2.30. The number of aromatic nitrogens is 1. The van der Waals surface area contributed by atoms with Gasteiger partial charge in [0.25, 0.3) is 0 Å². The van der Waals surface area contributed by atoms with E-state index >= 15 is 0 Å². The molecule has 102 valence electrons. The van der Waals surface area contributed by atoms with Crippen molar-refractivity contribution in [2.24, 2.45) is 5.73 Å². The summed E-state index contributed by atoms with van der Waals surface area (Å²) < 4.78 is 0.